The summed E-state index contributed by atoms with van der Waals surface area (Å²) in [6, 6.07) is 0. The lowest BCUT2D eigenvalue weighted by molar-refractivity contribution is 0.0473. The molecule has 0 amide bonds. The van der Waals surface area contributed by atoms with Crippen LogP contribution in [0.5, 0.6) is 0 Å². The van der Waals surface area contributed by atoms with Crippen LogP contribution in [0, 0.1) is 0 Å². The van der Waals surface area contributed by atoms with E-state index in [0.717, 1.165) is 0 Å². The number of aromatic nitrogens is 2. The number of anilines is 1. The van der Waals surface area contributed by atoms with E-state index in [0.29, 0.717) is 0 Å². The molecule has 0 bridgehead atoms. The molecule has 1 rings (SSSR count). The van der Waals surface area contributed by atoms with Gasteiger partial charge in [-0.25, -0.2) is 19.6 Å². The Morgan fingerprint density at radius 1 is 1.10 bits per heavy atom. The largest absolute Gasteiger partial charge is 0.462 e. The number of alkyl halides is 3. The van der Waals surface area contributed by atoms with Gasteiger partial charge in [-0.1, -0.05) is 34.8 Å². The van der Waals surface area contributed by atoms with E-state index in [4.69, 9.17) is 50.0 Å². The van der Waals surface area contributed by atoms with Gasteiger partial charge in [0.25, 0.3) is 0 Å². The first-order valence-corrected chi connectivity index (χ1v) is 6.94. The van der Waals surface area contributed by atoms with Gasteiger partial charge in [0.2, 0.25) is 3.79 Å². The van der Waals surface area contributed by atoms with Crippen molar-refractivity contribution in [3.05, 3.63) is 17.1 Å². The van der Waals surface area contributed by atoms with Crippen LogP contribution in [0.2, 0.25) is 0 Å². The van der Waals surface area contributed by atoms with Crippen molar-refractivity contribution in [1.29, 1.82) is 0 Å². The van der Waals surface area contributed by atoms with Crippen LogP contribution < -0.4 is 5.73 Å². The molecule has 0 saturated carbocycles. The van der Waals surface area contributed by atoms with Crippen LogP contribution in [0.15, 0.2) is 0 Å². The Labute approximate surface area is 135 Å². The van der Waals surface area contributed by atoms with Crippen molar-refractivity contribution in [3.63, 3.8) is 0 Å². The molecule has 0 aromatic carbocycles. The standard InChI is InChI=1S/C11H12Cl3N3O4/c1-3-20-8(18)5-6(9(19)21-4-2)16-10(11(12,13)14)17-7(5)15/h3-4H2,1-2H3,(H2,15,16,17). The third kappa shape index (κ3) is 4.33. The normalized spacial score (nSPS) is 11.1. The van der Waals surface area contributed by atoms with E-state index >= 15 is 0 Å². The molecule has 0 fully saturated rings. The van der Waals surface area contributed by atoms with Crippen molar-refractivity contribution in [2.75, 3.05) is 18.9 Å². The summed E-state index contributed by atoms with van der Waals surface area (Å²) in [6.45, 7) is 3.32. The fourth-order valence-corrected chi connectivity index (χ4v) is 1.61. The average molecular weight is 357 g/mol. The van der Waals surface area contributed by atoms with Gasteiger partial charge in [-0.05, 0) is 13.8 Å². The molecule has 21 heavy (non-hydrogen) atoms. The van der Waals surface area contributed by atoms with Gasteiger partial charge < -0.3 is 15.2 Å². The maximum atomic E-state index is 11.9. The number of rotatable bonds is 4. The summed E-state index contributed by atoms with van der Waals surface area (Å²) in [5, 5.41) is 0. The molecule has 1 heterocycles. The molecule has 1 aromatic heterocycles. The van der Waals surface area contributed by atoms with Crippen LogP contribution in [-0.4, -0.2) is 35.1 Å². The first-order chi connectivity index (χ1) is 9.72. The van der Waals surface area contributed by atoms with E-state index in [1.165, 1.54) is 0 Å². The van der Waals surface area contributed by atoms with Crippen LogP contribution in [-0.2, 0) is 13.3 Å². The van der Waals surface area contributed by atoms with E-state index in [-0.39, 0.29) is 30.4 Å². The van der Waals surface area contributed by atoms with Crippen molar-refractivity contribution >= 4 is 52.6 Å². The van der Waals surface area contributed by atoms with Gasteiger partial charge in [-0.3, -0.25) is 0 Å². The molecule has 0 saturated heterocycles. The zero-order valence-electron chi connectivity index (χ0n) is 11.2. The van der Waals surface area contributed by atoms with Gasteiger partial charge in [0, 0.05) is 0 Å². The Balaban J connectivity index is 3.48. The van der Waals surface area contributed by atoms with Gasteiger partial charge in [0.1, 0.15) is 11.4 Å². The van der Waals surface area contributed by atoms with Crippen molar-refractivity contribution in [3.8, 4) is 0 Å². The smallest absolute Gasteiger partial charge is 0.358 e. The minimum absolute atomic E-state index is 0.0636. The summed E-state index contributed by atoms with van der Waals surface area (Å²) in [5.41, 5.74) is 4.91. The monoisotopic (exact) mass is 355 g/mol. The Morgan fingerprint density at radius 3 is 2.10 bits per heavy atom. The minimum Gasteiger partial charge on any atom is -0.462 e. The number of ether oxygens (including phenoxy) is 2. The number of hydrogen-bond acceptors (Lipinski definition) is 7. The van der Waals surface area contributed by atoms with Crippen molar-refractivity contribution in [1.82, 2.24) is 9.97 Å². The maximum absolute atomic E-state index is 11.9. The lowest BCUT2D eigenvalue weighted by Gasteiger charge is -2.14. The highest BCUT2D eigenvalue weighted by Crippen LogP contribution is 2.37. The highest BCUT2D eigenvalue weighted by molar-refractivity contribution is 6.66. The molecular weight excluding hydrogens is 344 g/mol. The Morgan fingerprint density at radius 2 is 1.62 bits per heavy atom. The first-order valence-electron chi connectivity index (χ1n) is 5.81. The third-order valence-corrected chi connectivity index (χ3v) is 2.65. The van der Waals surface area contributed by atoms with Gasteiger partial charge in [0.15, 0.2) is 11.5 Å². The Kier molecular flexibility index (Phi) is 6.00. The third-order valence-electron chi connectivity index (χ3n) is 2.14. The maximum Gasteiger partial charge on any atom is 0.358 e. The van der Waals surface area contributed by atoms with Crippen LogP contribution >= 0.6 is 34.8 Å². The molecule has 116 valence electrons. The highest BCUT2D eigenvalue weighted by atomic mass is 35.6. The number of hydrogen-bond donors (Lipinski definition) is 1. The number of esters is 2. The molecule has 10 heteroatoms. The van der Waals surface area contributed by atoms with Crippen LogP contribution in [0.1, 0.15) is 40.5 Å². The number of carbonyl (C=O) groups excluding carboxylic acids is 2. The second-order valence-corrected chi connectivity index (χ2v) is 5.88. The van der Waals surface area contributed by atoms with Gasteiger partial charge in [-0.2, -0.15) is 0 Å². The second kappa shape index (κ2) is 7.11. The number of nitrogens with zero attached hydrogens (tertiary/aromatic N) is 2. The van der Waals surface area contributed by atoms with Crippen molar-refractivity contribution in [2.45, 2.75) is 17.6 Å². The van der Waals surface area contributed by atoms with Gasteiger partial charge >= 0.3 is 11.9 Å². The molecule has 0 spiro atoms. The zero-order chi connectivity index (χ0) is 16.2. The lowest BCUT2D eigenvalue weighted by Crippen LogP contribution is -2.22. The molecule has 7 nitrogen and oxygen atoms in total. The SMILES string of the molecule is CCOC(=O)c1nc(C(Cl)(Cl)Cl)nc(N)c1C(=O)OCC. The first kappa shape index (κ1) is 17.7. The second-order valence-electron chi connectivity index (χ2n) is 3.59. The average Bonchev–Trinajstić information content (AvgIpc) is 2.37. The predicted molar refractivity (Wildman–Crippen MR) is 77.6 cm³/mol. The van der Waals surface area contributed by atoms with Gasteiger partial charge in [0.05, 0.1) is 13.2 Å². The summed E-state index contributed by atoms with van der Waals surface area (Å²) in [4.78, 5) is 31.2. The minimum atomic E-state index is -2.01. The zero-order valence-corrected chi connectivity index (χ0v) is 13.4. The molecule has 0 radical (unpaired) electrons. The van der Waals surface area contributed by atoms with Crippen LogP contribution in [0.3, 0.4) is 0 Å². The molecule has 0 aliphatic carbocycles. The Bertz CT molecular complexity index is 560. The van der Waals surface area contributed by atoms with E-state index in [2.05, 4.69) is 9.97 Å². The fraction of sp³-hybridized carbons (Fsp3) is 0.455. The topological polar surface area (TPSA) is 104 Å². The molecule has 0 aliphatic heterocycles. The number of carbonyl (C=O) groups is 2. The summed E-state index contributed by atoms with van der Waals surface area (Å²) in [7, 11) is 0. The van der Waals surface area contributed by atoms with E-state index in [1.54, 1.807) is 13.8 Å². The van der Waals surface area contributed by atoms with Crippen LogP contribution in [0.4, 0.5) is 5.82 Å². The summed E-state index contributed by atoms with van der Waals surface area (Å²) < 4.78 is 7.58. The molecule has 1 aromatic rings. The molecule has 2 N–H and O–H groups in total. The molecule has 0 unspecified atom stereocenters. The molecular formula is C11H12Cl3N3O4. The van der Waals surface area contributed by atoms with Crippen molar-refractivity contribution < 1.29 is 19.1 Å². The number of nitrogen functional groups attached to an aromatic ring is 1. The Hall–Kier alpha value is -1.31. The summed E-state index contributed by atoms with van der Waals surface area (Å²) in [6.07, 6.45) is 0. The van der Waals surface area contributed by atoms with Crippen LogP contribution in [0.25, 0.3) is 0 Å². The number of nitrogens with two attached hydrogens (primary N) is 1. The fourth-order valence-electron chi connectivity index (χ4n) is 1.36. The van der Waals surface area contributed by atoms with Crippen molar-refractivity contribution in [2.24, 2.45) is 0 Å². The predicted octanol–water partition coefficient (Wildman–Crippen LogP) is 2.24. The summed E-state index contributed by atoms with van der Waals surface area (Å²) in [5.74, 6) is -2.45. The summed E-state index contributed by atoms with van der Waals surface area (Å²) >= 11 is 17.0. The highest BCUT2D eigenvalue weighted by Gasteiger charge is 2.33. The quantitative estimate of drug-likeness (QED) is 0.651. The van der Waals surface area contributed by atoms with Gasteiger partial charge in [-0.15, -0.1) is 0 Å². The van der Waals surface area contributed by atoms with E-state index in [1.807, 2.05) is 0 Å². The van der Waals surface area contributed by atoms with E-state index < -0.39 is 21.4 Å². The molecule has 0 atom stereocenters. The van der Waals surface area contributed by atoms with E-state index in [9.17, 15) is 9.59 Å². The lowest BCUT2D eigenvalue weighted by atomic mass is 10.2. The molecule has 0 aliphatic rings. The number of halogens is 3.